The maximum absolute atomic E-state index is 14.9. The minimum absolute atomic E-state index is 0.117. The summed E-state index contributed by atoms with van der Waals surface area (Å²) in [6, 6.07) is 3.59. The van der Waals surface area contributed by atoms with E-state index in [1.165, 1.54) is 11.2 Å². The number of anilines is 1. The zero-order chi connectivity index (χ0) is 20.1. The molecule has 0 spiro atoms. The molecule has 2 aliphatic heterocycles. The Balaban J connectivity index is 1.56. The molecule has 148 valence electrons. The average molecular weight is 386 g/mol. The molecule has 1 aromatic carbocycles. The molecular formula is C20H23FN4O3. The molecular weight excluding hydrogens is 363 g/mol. The zero-order valence-corrected chi connectivity index (χ0v) is 16.4. The predicted octanol–water partition coefficient (Wildman–Crippen LogP) is 4.02. The van der Waals surface area contributed by atoms with Gasteiger partial charge in [-0.3, -0.25) is 4.90 Å². The van der Waals surface area contributed by atoms with E-state index in [9.17, 15) is 9.18 Å². The van der Waals surface area contributed by atoms with Gasteiger partial charge in [0, 0.05) is 17.3 Å². The number of halogens is 1. The Hall–Kier alpha value is -2.90. The van der Waals surface area contributed by atoms with Crippen LogP contribution < -0.4 is 10.1 Å². The standard InChI is InChI=1S/C20H23FN4O3/c1-11-7-12-14(24-11)5-6-16(17(12)21)27-18-13-8-25(9-15(13)22-10-23-18)19(26)28-20(2,3)4/h5-6,10-11,24H,7-9H2,1-4H3. The van der Waals surface area contributed by atoms with Crippen LogP contribution in [0.5, 0.6) is 11.6 Å². The lowest BCUT2D eigenvalue weighted by atomic mass is 10.1. The zero-order valence-electron chi connectivity index (χ0n) is 16.4. The summed E-state index contributed by atoms with van der Waals surface area (Å²) in [7, 11) is 0. The fraction of sp³-hybridized carbons (Fsp3) is 0.450. The molecule has 4 rings (SSSR count). The van der Waals surface area contributed by atoms with Gasteiger partial charge in [-0.05, 0) is 46.2 Å². The molecule has 0 aliphatic carbocycles. The molecule has 2 aromatic rings. The third kappa shape index (κ3) is 3.46. The van der Waals surface area contributed by atoms with Gasteiger partial charge in [-0.2, -0.15) is 0 Å². The third-order valence-corrected chi connectivity index (χ3v) is 4.66. The molecule has 1 aromatic heterocycles. The van der Waals surface area contributed by atoms with E-state index in [1.807, 2.05) is 33.8 Å². The SMILES string of the molecule is CC1Cc2c(ccc(Oc3ncnc4c3CN(C(=O)OC(C)(C)C)C4)c2F)N1. The van der Waals surface area contributed by atoms with Gasteiger partial charge in [-0.25, -0.2) is 19.2 Å². The third-order valence-electron chi connectivity index (χ3n) is 4.66. The Morgan fingerprint density at radius 2 is 2.04 bits per heavy atom. The number of aromatic nitrogens is 2. The first kappa shape index (κ1) is 18.5. The van der Waals surface area contributed by atoms with E-state index in [-0.39, 0.29) is 30.0 Å². The van der Waals surface area contributed by atoms with E-state index in [1.54, 1.807) is 6.07 Å². The van der Waals surface area contributed by atoms with Gasteiger partial charge >= 0.3 is 6.09 Å². The Bertz CT molecular complexity index is 942. The largest absolute Gasteiger partial charge is 0.444 e. The van der Waals surface area contributed by atoms with Gasteiger partial charge in [-0.15, -0.1) is 0 Å². The van der Waals surface area contributed by atoms with E-state index in [4.69, 9.17) is 9.47 Å². The first-order valence-corrected chi connectivity index (χ1v) is 9.27. The van der Waals surface area contributed by atoms with Crippen molar-refractivity contribution in [3.05, 3.63) is 41.1 Å². The van der Waals surface area contributed by atoms with Gasteiger partial charge in [0.25, 0.3) is 0 Å². The quantitative estimate of drug-likeness (QED) is 0.840. The summed E-state index contributed by atoms with van der Waals surface area (Å²) >= 11 is 0. The number of hydrogen-bond acceptors (Lipinski definition) is 6. The number of rotatable bonds is 2. The fourth-order valence-electron chi connectivity index (χ4n) is 3.44. The minimum atomic E-state index is -0.588. The molecule has 0 saturated carbocycles. The number of nitrogens with zero attached hydrogens (tertiary/aromatic N) is 3. The smallest absolute Gasteiger partial charge is 0.410 e. The lowest BCUT2D eigenvalue weighted by molar-refractivity contribution is 0.0240. The Kier molecular flexibility index (Phi) is 4.36. The Morgan fingerprint density at radius 1 is 1.25 bits per heavy atom. The molecule has 1 N–H and O–H groups in total. The van der Waals surface area contributed by atoms with Gasteiger partial charge < -0.3 is 14.8 Å². The van der Waals surface area contributed by atoms with E-state index in [0.29, 0.717) is 29.8 Å². The lowest BCUT2D eigenvalue weighted by Gasteiger charge is -2.23. The first-order valence-electron chi connectivity index (χ1n) is 9.27. The number of carbonyl (C=O) groups is 1. The molecule has 1 unspecified atom stereocenters. The van der Waals surface area contributed by atoms with E-state index in [0.717, 1.165) is 5.69 Å². The number of benzene rings is 1. The minimum Gasteiger partial charge on any atom is -0.444 e. The maximum atomic E-state index is 14.9. The Morgan fingerprint density at radius 3 is 2.79 bits per heavy atom. The van der Waals surface area contributed by atoms with Crippen molar-refractivity contribution in [2.24, 2.45) is 0 Å². The molecule has 0 bridgehead atoms. The van der Waals surface area contributed by atoms with Crippen molar-refractivity contribution in [2.45, 2.75) is 58.8 Å². The molecule has 0 fully saturated rings. The van der Waals surface area contributed by atoms with Crippen molar-refractivity contribution in [3.8, 4) is 11.6 Å². The summed E-state index contributed by atoms with van der Waals surface area (Å²) in [5.74, 6) is -0.0103. The monoisotopic (exact) mass is 386 g/mol. The molecule has 1 atom stereocenters. The molecule has 28 heavy (non-hydrogen) atoms. The van der Waals surface area contributed by atoms with Crippen molar-refractivity contribution in [3.63, 3.8) is 0 Å². The predicted molar refractivity (Wildman–Crippen MR) is 101 cm³/mol. The first-order chi connectivity index (χ1) is 13.2. The average Bonchev–Trinajstić information content (AvgIpc) is 3.20. The number of nitrogens with one attached hydrogen (secondary N) is 1. The van der Waals surface area contributed by atoms with Crippen LogP contribution >= 0.6 is 0 Å². The highest BCUT2D eigenvalue weighted by Crippen LogP contribution is 2.37. The summed E-state index contributed by atoms with van der Waals surface area (Å²) in [5, 5.41) is 3.23. The number of fused-ring (bicyclic) bond motifs is 2. The van der Waals surface area contributed by atoms with E-state index < -0.39 is 11.7 Å². The van der Waals surface area contributed by atoms with Crippen LogP contribution in [0.1, 0.15) is 44.5 Å². The second-order valence-corrected chi connectivity index (χ2v) is 8.20. The number of hydrogen-bond donors (Lipinski definition) is 1. The number of carbonyl (C=O) groups excluding carboxylic acids is 1. The molecule has 7 nitrogen and oxygen atoms in total. The van der Waals surface area contributed by atoms with Crippen LogP contribution in [-0.2, 0) is 24.2 Å². The molecule has 1 amide bonds. The van der Waals surface area contributed by atoms with Crippen LogP contribution in [0.25, 0.3) is 0 Å². The van der Waals surface area contributed by atoms with Gasteiger partial charge in [-0.1, -0.05) is 0 Å². The van der Waals surface area contributed by atoms with Crippen molar-refractivity contribution in [1.82, 2.24) is 14.9 Å². The van der Waals surface area contributed by atoms with Gasteiger partial charge in [0.05, 0.1) is 24.3 Å². The fourth-order valence-corrected chi connectivity index (χ4v) is 3.44. The molecule has 2 aliphatic rings. The van der Waals surface area contributed by atoms with E-state index >= 15 is 0 Å². The molecule has 0 radical (unpaired) electrons. The molecule has 3 heterocycles. The van der Waals surface area contributed by atoms with Gasteiger partial charge in [0.1, 0.15) is 11.9 Å². The van der Waals surface area contributed by atoms with Gasteiger partial charge in [0.2, 0.25) is 5.88 Å². The highest BCUT2D eigenvalue weighted by Gasteiger charge is 2.32. The van der Waals surface area contributed by atoms with Crippen molar-refractivity contribution < 1.29 is 18.7 Å². The normalized spacial score (nSPS) is 17.8. The van der Waals surface area contributed by atoms with Crippen molar-refractivity contribution >= 4 is 11.8 Å². The summed E-state index contributed by atoms with van der Waals surface area (Å²) in [6.45, 7) is 8.00. The topological polar surface area (TPSA) is 76.6 Å². The number of ether oxygens (including phenoxy) is 2. The van der Waals surface area contributed by atoms with Crippen LogP contribution in [0.2, 0.25) is 0 Å². The Labute approximate surface area is 162 Å². The van der Waals surface area contributed by atoms with Crippen molar-refractivity contribution in [2.75, 3.05) is 5.32 Å². The van der Waals surface area contributed by atoms with Crippen LogP contribution in [0, 0.1) is 5.82 Å². The lowest BCUT2D eigenvalue weighted by Crippen LogP contribution is -2.33. The van der Waals surface area contributed by atoms with Crippen molar-refractivity contribution in [1.29, 1.82) is 0 Å². The van der Waals surface area contributed by atoms with Crippen LogP contribution in [0.3, 0.4) is 0 Å². The highest BCUT2D eigenvalue weighted by molar-refractivity contribution is 5.69. The number of amides is 1. The second kappa shape index (κ2) is 6.61. The van der Waals surface area contributed by atoms with Crippen LogP contribution in [0.4, 0.5) is 14.9 Å². The highest BCUT2D eigenvalue weighted by atomic mass is 19.1. The van der Waals surface area contributed by atoms with Crippen LogP contribution in [0.15, 0.2) is 18.5 Å². The summed E-state index contributed by atoms with van der Waals surface area (Å²) < 4.78 is 26.1. The van der Waals surface area contributed by atoms with E-state index in [2.05, 4.69) is 15.3 Å². The maximum Gasteiger partial charge on any atom is 0.410 e. The summed E-state index contributed by atoms with van der Waals surface area (Å²) in [6.07, 6.45) is 1.54. The summed E-state index contributed by atoms with van der Waals surface area (Å²) in [5.41, 5.74) is 2.16. The second-order valence-electron chi connectivity index (χ2n) is 8.20. The van der Waals surface area contributed by atoms with Crippen LogP contribution in [-0.4, -0.2) is 32.6 Å². The molecule has 8 heteroatoms. The summed E-state index contributed by atoms with van der Waals surface area (Å²) in [4.78, 5) is 22.3. The van der Waals surface area contributed by atoms with Gasteiger partial charge in [0.15, 0.2) is 11.6 Å². The molecule has 0 saturated heterocycles.